The molecule has 0 bridgehead atoms. The predicted octanol–water partition coefficient (Wildman–Crippen LogP) is 3.64. The van der Waals surface area contributed by atoms with E-state index in [0.29, 0.717) is 0 Å². The molecule has 5 heteroatoms. The zero-order valence-corrected chi connectivity index (χ0v) is 13.3. The maximum Gasteiger partial charge on any atom is 0.237 e. The van der Waals surface area contributed by atoms with Crippen LogP contribution >= 0.6 is 15.9 Å². The summed E-state index contributed by atoms with van der Waals surface area (Å²) in [6.07, 6.45) is 3.71. The van der Waals surface area contributed by atoms with Gasteiger partial charge in [-0.3, -0.25) is 9.79 Å². The van der Waals surface area contributed by atoms with Crippen LogP contribution in [0, 0.1) is 0 Å². The van der Waals surface area contributed by atoms with E-state index >= 15 is 0 Å². The first kappa shape index (κ1) is 14.5. The number of aromatic nitrogens is 1. The minimum Gasteiger partial charge on any atom is -0.368 e. The molecule has 0 unspecified atom stereocenters. The predicted molar refractivity (Wildman–Crippen MR) is 92.5 cm³/mol. The molecule has 0 saturated heterocycles. The molecule has 4 nitrogen and oxygen atoms in total. The fourth-order valence-corrected chi connectivity index (χ4v) is 2.76. The van der Waals surface area contributed by atoms with E-state index in [0.717, 1.165) is 26.6 Å². The van der Waals surface area contributed by atoms with Gasteiger partial charge in [0.2, 0.25) is 5.91 Å². The van der Waals surface area contributed by atoms with Crippen LogP contribution in [0.15, 0.2) is 64.2 Å². The Bertz CT molecular complexity index is 867. The van der Waals surface area contributed by atoms with Gasteiger partial charge in [0.25, 0.3) is 0 Å². The maximum absolute atomic E-state index is 11.2. The van der Waals surface area contributed by atoms with Crippen LogP contribution in [0.2, 0.25) is 0 Å². The number of nitrogens with zero attached hydrogens (tertiary/aromatic N) is 2. The second-order valence-corrected chi connectivity index (χ2v) is 5.85. The monoisotopic (exact) mass is 355 g/mol. The van der Waals surface area contributed by atoms with Gasteiger partial charge in [0.05, 0.1) is 5.69 Å². The zero-order chi connectivity index (χ0) is 15.5. The van der Waals surface area contributed by atoms with Gasteiger partial charge in [-0.25, -0.2) is 0 Å². The minimum absolute atomic E-state index is 0.158. The van der Waals surface area contributed by atoms with Crippen molar-refractivity contribution >= 4 is 44.6 Å². The number of halogens is 1. The molecule has 0 aliphatic carbocycles. The number of amides is 1. The summed E-state index contributed by atoms with van der Waals surface area (Å²) in [5.41, 5.74) is 8.09. The highest BCUT2D eigenvalue weighted by Crippen LogP contribution is 2.22. The number of fused-ring (bicyclic) bond motifs is 1. The Hall–Kier alpha value is -2.40. The quantitative estimate of drug-likeness (QED) is 0.713. The summed E-state index contributed by atoms with van der Waals surface area (Å²) in [6, 6.07) is 15.7. The lowest BCUT2D eigenvalue weighted by Gasteiger charge is -2.00. The van der Waals surface area contributed by atoms with Gasteiger partial charge in [-0.05, 0) is 24.3 Å². The van der Waals surface area contributed by atoms with E-state index in [1.165, 1.54) is 0 Å². The second-order valence-electron chi connectivity index (χ2n) is 4.93. The van der Waals surface area contributed by atoms with Crippen LogP contribution in [0.1, 0.15) is 5.56 Å². The maximum atomic E-state index is 11.2. The van der Waals surface area contributed by atoms with Crippen molar-refractivity contribution in [2.45, 2.75) is 6.54 Å². The molecular weight excluding hydrogens is 342 g/mol. The van der Waals surface area contributed by atoms with Crippen molar-refractivity contribution in [1.82, 2.24) is 4.57 Å². The number of benzene rings is 2. The van der Waals surface area contributed by atoms with Gasteiger partial charge in [-0.2, -0.15) is 0 Å². The van der Waals surface area contributed by atoms with Crippen LogP contribution in [0.3, 0.4) is 0 Å². The number of rotatable bonds is 4. The Labute approximate surface area is 136 Å². The number of nitrogens with two attached hydrogens (primary N) is 1. The fraction of sp³-hybridized carbons (Fsp3) is 0.0588. The number of para-hydroxylation sites is 1. The van der Waals surface area contributed by atoms with Gasteiger partial charge in [0.15, 0.2) is 0 Å². The molecule has 1 heterocycles. The molecule has 0 atom stereocenters. The molecule has 22 heavy (non-hydrogen) atoms. The summed E-state index contributed by atoms with van der Waals surface area (Å²) >= 11 is 3.43. The molecule has 0 aliphatic rings. The highest BCUT2D eigenvalue weighted by Gasteiger charge is 2.08. The van der Waals surface area contributed by atoms with E-state index in [2.05, 4.69) is 20.9 Å². The summed E-state index contributed by atoms with van der Waals surface area (Å²) in [5, 5.41) is 1.04. The third-order valence-corrected chi connectivity index (χ3v) is 3.80. The van der Waals surface area contributed by atoms with Gasteiger partial charge in [0, 0.05) is 33.4 Å². The van der Waals surface area contributed by atoms with E-state index in [9.17, 15) is 4.79 Å². The Morgan fingerprint density at radius 2 is 2.05 bits per heavy atom. The van der Waals surface area contributed by atoms with Crippen molar-refractivity contribution in [2.24, 2.45) is 10.7 Å². The van der Waals surface area contributed by atoms with Crippen molar-refractivity contribution in [3.8, 4) is 0 Å². The van der Waals surface area contributed by atoms with Crippen LogP contribution in [0.5, 0.6) is 0 Å². The van der Waals surface area contributed by atoms with Crippen LogP contribution in [0.25, 0.3) is 10.9 Å². The third kappa shape index (κ3) is 3.09. The van der Waals surface area contributed by atoms with Crippen molar-refractivity contribution in [2.75, 3.05) is 0 Å². The molecule has 1 aromatic heterocycles. The van der Waals surface area contributed by atoms with Crippen LogP contribution < -0.4 is 5.73 Å². The van der Waals surface area contributed by atoms with E-state index < -0.39 is 0 Å². The van der Waals surface area contributed by atoms with Gasteiger partial charge < -0.3 is 10.3 Å². The van der Waals surface area contributed by atoms with E-state index in [1.807, 2.05) is 65.5 Å². The topological polar surface area (TPSA) is 60.4 Å². The van der Waals surface area contributed by atoms with Crippen LogP contribution in [-0.2, 0) is 11.3 Å². The largest absolute Gasteiger partial charge is 0.368 e. The smallest absolute Gasteiger partial charge is 0.237 e. The van der Waals surface area contributed by atoms with Crippen LogP contribution in [-0.4, -0.2) is 16.7 Å². The first-order valence-corrected chi connectivity index (χ1v) is 7.58. The van der Waals surface area contributed by atoms with Gasteiger partial charge in [-0.15, -0.1) is 0 Å². The molecule has 3 rings (SSSR count). The highest BCUT2D eigenvalue weighted by molar-refractivity contribution is 9.10. The number of hydrogen-bond donors (Lipinski definition) is 1. The molecule has 0 aliphatic heterocycles. The van der Waals surface area contributed by atoms with E-state index in [4.69, 9.17) is 5.73 Å². The zero-order valence-electron chi connectivity index (χ0n) is 11.7. The third-order valence-electron chi connectivity index (χ3n) is 3.31. The first-order chi connectivity index (χ1) is 10.6. The number of hydrogen-bond acceptors (Lipinski definition) is 2. The van der Waals surface area contributed by atoms with Crippen molar-refractivity contribution in [3.05, 3.63) is 64.8 Å². The van der Waals surface area contributed by atoms with Crippen molar-refractivity contribution in [3.63, 3.8) is 0 Å². The molecule has 0 fully saturated rings. The van der Waals surface area contributed by atoms with E-state index in [-0.39, 0.29) is 12.5 Å². The van der Waals surface area contributed by atoms with Gasteiger partial charge >= 0.3 is 0 Å². The summed E-state index contributed by atoms with van der Waals surface area (Å²) < 4.78 is 2.83. The summed E-state index contributed by atoms with van der Waals surface area (Å²) in [4.78, 5) is 15.7. The summed E-state index contributed by atoms with van der Waals surface area (Å²) in [5.74, 6) is -0.365. The van der Waals surface area contributed by atoms with E-state index in [1.54, 1.807) is 0 Å². The molecule has 0 spiro atoms. The minimum atomic E-state index is -0.365. The lowest BCUT2D eigenvalue weighted by Crippen LogP contribution is -2.17. The normalized spacial score (nSPS) is 11.3. The SMILES string of the molecule is NC(=O)Cn1cc(C=Nc2cccc(Br)c2)c2ccccc21. The Morgan fingerprint density at radius 3 is 2.82 bits per heavy atom. The lowest BCUT2D eigenvalue weighted by atomic mass is 10.2. The number of carbonyl (C=O) groups excluding carboxylic acids is 1. The standard InChI is InChI=1S/C17H14BrN3O/c18-13-4-3-5-14(8-13)20-9-12-10-21(11-17(19)22)16-7-2-1-6-15(12)16/h1-10H,11H2,(H2,19,22). The molecular formula is C17H14BrN3O. The van der Waals surface area contributed by atoms with Gasteiger partial charge in [-0.1, -0.05) is 40.2 Å². The molecule has 110 valence electrons. The highest BCUT2D eigenvalue weighted by atomic mass is 79.9. The summed E-state index contributed by atoms with van der Waals surface area (Å²) in [7, 11) is 0. The first-order valence-electron chi connectivity index (χ1n) is 6.79. The van der Waals surface area contributed by atoms with Gasteiger partial charge in [0.1, 0.15) is 6.54 Å². The summed E-state index contributed by atoms with van der Waals surface area (Å²) in [6.45, 7) is 0.158. The lowest BCUT2D eigenvalue weighted by molar-refractivity contribution is -0.118. The molecule has 0 radical (unpaired) electrons. The molecule has 1 amide bonds. The Morgan fingerprint density at radius 1 is 1.23 bits per heavy atom. The number of carbonyl (C=O) groups is 1. The molecule has 2 N–H and O–H groups in total. The van der Waals surface area contributed by atoms with Crippen molar-refractivity contribution < 1.29 is 4.79 Å². The fourth-order valence-electron chi connectivity index (χ4n) is 2.38. The molecule has 0 saturated carbocycles. The number of aliphatic imine (C=N–C) groups is 1. The number of primary amides is 1. The average molecular weight is 356 g/mol. The average Bonchev–Trinajstić information content (AvgIpc) is 2.83. The molecule has 3 aromatic rings. The molecule has 2 aromatic carbocycles. The Balaban J connectivity index is 2.02. The van der Waals surface area contributed by atoms with Crippen molar-refractivity contribution in [1.29, 1.82) is 0 Å². The Kier molecular flexibility index (Phi) is 4.06. The van der Waals surface area contributed by atoms with Crippen LogP contribution in [0.4, 0.5) is 5.69 Å². The second kappa shape index (κ2) is 6.15.